The summed E-state index contributed by atoms with van der Waals surface area (Å²) < 4.78 is 5.37. The molecule has 3 aromatic rings. The Labute approximate surface area is 99.3 Å². The van der Waals surface area contributed by atoms with Crippen molar-refractivity contribution in [2.75, 3.05) is 0 Å². The highest BCUT2D eigenvalue weighted by atomic mass is 32.1. The van der Waals surface area contributed by atoms with Crippen molar-refractivity contribution in [3.8, 4) is 0 Å². The van der Waals surface area contributed by atoms with E-state index in [1.807, 2.05) is 37.3 Å². The van der Waals surface area contributed by atoms with E-state index >= 15 is 0 Å². The summed E-state index contributed by atoms with van der Waals surface area (Å²) in [5.41, 5.74) is 2.33. The monoisotopic (exact) mass is 230 g/mol. The molecule has 3 rings (SSSR count). The second-order valence-corrected chi connectivity index (χ2v) is 4.48. The van der Waals surface area contributed by atoms with Crippen molar-refractivity contribution in [2.24, 2.45) is 0 Å². The van der Waals surface area contributed by atoms with Crippen LogP contribution in [0, 0.1) is 13.8 Å². The highest BCUT2D eigenvalue weighted by molar-refractivity contribution is 7.07. The summed E-state index contributed by atoms with van der Waals surface area (Å²) in [4.78, 5) is 0. The van der Waals surface area contributed by atoms with Gasteiger partial charge in [-0.2, -0.15) is 11.3 Å². The van der Waals surface area contributed by atoms with Gasteiger partial charge in [-0.05, 0) is 48.4 Å². The summed E-state index contributed by atoms with van der Waals surface area (Å²) in [5, 5.41) is 5.38. The third-order valence-electron chi connectivity index (χ3n) is 2.21. The number of aryl methyl sites for hydroxylation is 2. The topological polar surface area (TPSA) is 13.1 Å². The van der Waals surface area contributed by atoms with Crippen molar-refractivity contribution in [3.05, 3.63) is 58.5 Å². The number of fused-ring (bicyclic) bond motifs is 1. The number of hydrogen-bond donors (Lipinski definition) is 0. The van der Waals surface area contributed by atoms with Gasteiger partial charge in [0.25, 0.3) is 0 Å². The molecule has 0 amide bonds. The van der Waals surface area contributed by atoms with Crippen LogP contribution in [-0.4, -0.2) is 0 Å². The van der Waals surface area contributed by atoms with Crippen LogP contribution in [0.3, 0.4) is 0 Å². The molecule has 0 N–H and O–H groups in total. The van der Waals surface area contributed by atoms with E-state index in [0.717, 1.165) is 11.3 Å². The molecule has 2 aromatic heterocycles. The van der Waals surface area contributed by atoms with Gasteiger partial charge in [0.15, 0.2) is 0 Å². The van der Waals surface area contributed by atoms with E-state index in [9.17, 15) is 0 Å². The van der Waals surface area contributed by atoms with E-state index in [1.165, 1.54) is 10.9 Å². The summed E-state index contributed by atoms with van der Waals surface area (Å²) in [5.74, 6) is 0.973. The first-order chi connectivity index (χ1) is 7.75. The minimum atomic E-state index is 0.972. The molecule has 0 spiro atoms. The molecular weight excluding hydrogens is 216 g/mol. The van der Waals surface area contributed by atoms with Gasteiger partial charge < -0.3 is 4.42 Å². The van der Waals surface area contributed by atoms with Gasteiger partial charge in [-0.1, -0.05) is 18.2 Å². The molecule has 0 saturated heterocycles. The Morgan fingerprint density at radius 1 is 1.06 bits per heavy atom. The van der Waals surface area contributed by atoms with Crippen LogP contribution >= 0.6 is 11.3 Å². The first-order valence-corrected chi connectivity index (χ1v) is 6.14. The maximum atomic E-state index is 5.37. The first-order valence-electron chi connectivity index (χ1n) is 5.20. The van der Waals surface area contributed by atoms with Crippen molar-refractivity contribution in [3.63, 3.8) is 0 Å². The Bertz CT molecular complexity index is 516. The predicted octanol–water partition coefficient (Wildman–Crippen LogP) is 4.80. The van der Waals surface area contributed by atoms with E-state index < -0.39 is 0 Å². The molecule has 0 aliphatic carbocycles. The number of rotatable bonds is 0. The maximum absolute atomic E-state index is 5.37. The van der Waals surface area contributed by atoms with Crippen molar-refractivity contribution in [1.82, 2.24) is 0 Å². The van der Waals surface area contributed by atoms with Gasteiger partial charge in [-0.25, -0.2) is 0 Å². The zero-order valence-corrected chi connectivity index (χ0v) is 10.3. The molecule has 0 aliphatic heterocycles. The maximum Gasteiger partial charge on any atom is 0.134 e. The Balaban J connectivity index is 0.000000138. The Kier molecular flexibility index (Phi) is 3.42. The zero-order valence-electron chi connectivity index (χ0n) is 9.44. The quantitative estimate of drug-likeness (QED) is 0.540. The average molecular weight is 230 g/mol. The standard InChI is InChI=1S/C9H8O.C5H6S/c1-7-6-8-4-2-3-5-9(8)10-7;1-5-2-3-6-4-5/h2-6H,1H3;2-4H,1H3. The molecule has 0 fully saturated rings. The lowest BCUT2D eigenvalue weighted by atomic mass is 10.2. The number of thiophene rings is 1. The summed E-state index contributed by atoms with van der Waals surface area (Å²) in [6.45, 7) is 4.05. The highest BCUT2D eigenvalue weighted by Gasteiger charge is 1.95. The average Bonchev–Trinajstić information content (AvgIpc) is 2.86. The molecule has 0 atom stereocenters. The van der Waals surface area contributed by atoms with Crippen LogP contribution in [0.1, 0.15) is 11.3 Å². The lowest BCUT2D eigenvalue weighted by molar-refractivity contribution is 0.578. The number of hydrogen-bond acceptors (Lipinski definition) is 2. The zero-order chi connectivity index (χ0) is 11.4. The molecule has 0 saturated carbocycles. The molecule has 1 aromatic carbocycles. The summed E-state index contributed by atoms with van der Waals surface area (Å²) >= 11 is 1.74. The van der Waals surface area contributed by atoms with E-state index in [-0.39, 0.29) is 0 Å². The van der Waals surface area contributed by atoms with Gasteiger partial charge >= 0.3 is 0 Å². The third kappa shape index (κ3) is 2.74. The molecular formula is C14H14OS. The van der Waals surface area contributed by atoms with Crippen LogP contribution < -0.4 is 0 Å². The van der Waals surface area contributed by atoms with Gasteiger partial charge in [0, 0.05) is 5.39 Å². The molecule has 0 radical (unpaired) electrons. The minimum absolute atomic E-state index is 0.972. The van der Waals surface area contributed by atoms with Crippen molar-refractivity contribution >= 4 is 22.3 Å². The molecule has 0 bridgehead atoms. The lowest BCUT2D eigenvalue weighted by Gasteiger charge is -1.82. The second kappa shape index (κ2) is 4.99. The van der Waals surface area contributed by atoms with Gasteiger partial charge in [0.2, 0.25) is 0 Å². The summed E-state index contributed by atoms with van der Waals surface area (Å²) in [6.07, 6.45) is 0. The minimum Gasteiger partial charge on any atom is -0.461 e. The fourth-order valence-electron chi connectivity index (χ4n) is 1.45. The summed E-state index contributed by atoms with van der Waals surface area (Å²) in [6, 6.07) is 12.1. The van der Waals surface area contributed by atoms with Crippen LogP contribution in [0.15, 0.2) is 51.6 Å². The first kappa shape index (κ1) is 11.0. The smallest absolute Gasteiger partial charge is 0.134 e. The number of benzene rings is 1. The molecule has 0 aliphatic rings. The second-order valence-electron chi connectivity index (χ2n) is 3.70. The van der Waals surface area contributed by atoms with Crippen molar-refractivity contribution in [2.45, 2.75) is 13.8 Å². The lowest BCUT2D eigenvalue weighted by Crippen LogP contribution is -1.57. The van der Waals surface area contributed by atoms with Crippen molar-refractivity contribution in [1.29, 1.82) is 0 Å². The van der Waals surface area contributed by atoms with Crippen LogP contribution in [-0.2, 0) is 0 Å². The Morgan fingerprint density at radius 2 is 1.88 bits per heavy atom. The summed E-state index contributed by atoms with van der Waals surface area (Å²) in [7, 11) is 0. The van der Waals surface area contributed by atoms with Crippen LogP contribution in [0.4, 0.5) is 0 Å². The van der Waals surface area contributed by atoms with E-state index in [2.05, 4.69) is 23.8 Å². The number of para-hydroxylation sites is 1. The number of furan rings is 1. The van der Waals surface area contributed by atoms with Gasteiger partial charge in [-0.3, -0.25) is 0 Å². The highest BCUT2D eigenvalue weighted by Crippen LogP contribution is 2.17. The molecule has 2 heterocycles. The van der Waals surface area contributed by atoms with E-state index in [4.69, 9.17) is 4.42 Å². The van der Waals surface area contributed by atoms with E-state index in [0.29, 0.717) is 0 Å². The van der Waals surface area contributed by atoms with Crippen LogP contribution in [0.5, 0.6) is 0 Å². The predicted molar refractivity (Wildman–Crippen MR) is 70.0 cm³/mol. The largest absolute Gasteiger partial charge is 0.461 e. The fourth-order valence-corrected chi connectivity index (χ4v) is 2.11. The molecule has 1 nitrogen and oxygen atoms in total. The van der Waals surface area contributed by atoms with Crippen molar-refractivity contribution < 1.29 is 4.42 Å². The SMILES string of the molecule is Cc1cc2ccccc2o1.Cc1ccsc1. The van der Waals surface area contributed by atoms with E-state index in [1.54, 1.807) is 11.3 Å². The fraction of sp³-hybridized carbons (Fsp3) is 0.143. The molecule has 16 heavy (non-hydrogen) atoms. The van der Waals surface area contributed by atoms with Crippen LogP contribution in [0.2, 0.25) is 0 Å². The van der Waals surface area contributed by atoms with Crippen LogP contribution in [0.25, 0.3) is 11.0 Å². The Morgan fingerprint density at radius 3 is 2.44 bits per heavy atom. The van der Waals surface area contributed by atoms with Gasteiger partial charge in [0.1, 0.15) is 11.3 Å². The molecule has 2 heteroatoms. The Hall–Kier alpha value is -1.54. The molecule has 82 valence electrons. The van der Waals surface area contributed by atoms with Gasteiger partial charge in [-0.15, -0.1) is 0 Å². The molecule has 0 unspecified atom stereocenters. The third-order valence-corrected chi connectivity index (χ3v) is 3.01. The van der Waals surface area contributed by atoms with Gasteiger partial charge in [0.05, 0.1) is 0 Å². The normalized spacial score (nSPS) is 9.88.